The highest BCUT2D eigenvalue weighted by molar-refractivity contribution is 5.60. The van der Waals surface area contributed by atoms with Gasteiger partial charge in [-0.25, -0.2) is 0 Å². The van der Waals surface area contributed by atoms with Gasteiger partial charge in [0.25, 0.3) is 0 Å². The molecule has 94 valence electrons. The normalized spacial score (nSPS) is 17.2. The molecule has 0 bridgehead atoms. The van der Waals surface area contributed by atoms with Gasteiger partial charge in [0.15, 0.2) is 0 Å². The fourth-order valence-corrected chi connectivity index (χ4v) is 2.26. The minimum Gasteiger partial charge on any atom is -0.497 e. The first-order valence-electron chi connectivity index (χ1n) is 5.95. The Kier molecular flexibility index (Phi) is 3.74. The summed E-state index contributed by atoms with van der Waals surface area (Å²) in [5.41, 5.74) is 7.74. The van der Waals surface area contributed by atoms with Crippen LogP contribution in [0.3, 0.4) is 0 Å². The van der Waals surface area contributed by atoms with E-state index in [0.29, 0.717) is 6.10 Å². The molecular weight excluding hydrogens is 216 g/mol. The first-order valence-corrected chi connectivity index (χ1v) is 5.95. The number of ether oxygens (including phenoxy) is 2. The van der Waals surface area contributed by atoms with Gasteiger partial charge in [-0.05, 0) is 18.9 Å². The second kappa shape index (κ2) is 5.27. The summed E-state index contributed by atoms with van der Waals surface area (Å²) >= 11 is 0. The number of nitrogen functional groups attached to an aromatic ring is 1. The zero-order chi connectivity index (χ0) is 12.3. The molecule has 4 nitrogen and oxygen atoms in total. The third kappa shape index (κ3) is 2.82. The Morgan fingerprint density at radius 2 is 1.88 bits per heavy atom. The van der Waals surface area contributed by atoms with Crippen molar-refractivity contribution in [3.8, 4) is 5.75 Å². The monoisotopic (exact) mass is 236 g/mol. The molecule has 0 unspecified atom stereocenters. The van der Waals surface area contributed by atoms with Crippen molar-refractivity contribution in [2.24, 2.45) is 0 Å². The maximum atomic E-state index is 5.86. The van der Waals surface area contributed by atoms with Crippen LogP contribution in [0.4, 0.5) is 11.4 Å². The van der Waals surface area contributed by atoms with Crippen LogP contribution in [0.2, 0.25) is 0 Å². The molecule has 1 heterocycles. The van der Waals surface area contributed by atoms with Gasteiger partial charge in [0.2, 0.25) is 0 Å². The number of piperidine rings is 1. The number of hydrogen-bond donors (Lipinski definition) is 1. The van der Waals surface area contributed by atoms with E-state index in [1.807, 2.05) is 18.2 Å². The molecule has 0 aromatic heterocycles. The summed E-state index contributed by atoms with van der Waals surface area (Å²) in [4.78, 5) is 2.33. The number of nitrogens with zero attached hydrogens (tertiary/aromatic N) is 1. The second-order valence-electron chi connectivity index (χ2n) is 4.39. The standard InChI is InChI=1S/C13H20N2O2/c1-16-12-3-5-15(6-4-12)11-7-10(14)8-13(9-11)17-2/h7-9,12H,3-6,14H2,1-2H3. The number of methoxy groups -OCH3 is 2. The van der Waals surface area contributed by atoms with E-state index in [4.69, 9.17) is 15.2 Å². The van der Waals surface area contributed by atoms with Crippen LogP contribution in [0.25, 0.3) is 0 Å². The van der Waals surface area contributed by atoms with Crippen LogP contribution in [0.1, 0.15) is 12.8 Å². The molecule has 0 radical (unpaired) electrons. The van der Waals surface area contributed by atoms with Crippen LogP contribution < -0.4 is 15.4 Å². The minimum absolute atomic E-state index is 0.397. The first-order chi connectivity index (χ1) is 8.22. The lowest BCUT2D eigenvalue weighted by Gasteiger charge is -2.33. The van der Waals surface area contributed by atoms with Crippen LogP contribution in [0.5, 0.6) is 5.75 Å². The van der Waals surface area contributed by atoms with E-state index in [2.05, 4.69) is 4.90 Å². The first kappa shape index (κ1) is 12.0. The molecule has 4 heteroatoms. The lowest BCUT2D eigenvalue weighted by atomic mass is 10.1. The molecule has 0 amide bonds. The van der Waals surface area contributed by atoms with E-state index < -0.39 is 0 Å². The highest BCUT2D eigenvalue weighted by atomic mass is 16.5. The van der Waals surface area contributed by atoms with Crippen molar-refractivity contribution >= 4 is 11.4 Å². The number of hydrogen-bond acceptors (Lipinski definition) is 4. The van der Waals surface area contributed by atoms with E-state index in [1.54, 1.807) is 14.2 Å². The number of rotatable bonds is 3. The zero-order valence-corrected chi connectivity index (χ0v) is 10.5. The van der Waals surface area contributed by atoms with Gasteiger partial charge in [0.05, 0.1) is 13.2 Å². The molecule has 1 saturated heterocycles. The summed E-state index contributed by atoms with van der Waals surface area (Å²) in [6.45, 7) is 2.01. The SMILES string of the molecule is COc1cc(N)cc(N2CCC(OC)CC2)c1. The Morgan fingerprint density at radius 1 is 1.18 bits per heavy atom. The number of anilines is 2. The van der Waals surface area contributed by atoms with Gasteiger partial charge in [-0.2, -0.15) is 0 Å². The fraction of sp³-hybridized carbons (Fsp3) is 0.538. The van der Waals surface area contributed by atoms with Gasteiger partial charge in [-0.15, -0.1) is 0 Å². The van der Waals surface area contributed by atoms with E-state index >= 15 is 0 Å². The molecule has 2 rings (SSSR count). The smallest absolute Gasteiger partial charge is 0.122 e. The summed E-state index contributed by atoms with van der Waals surface area (Å²) in [6.07, 6.45) is 2.52. The quantitative estimate of drug-likeness (QED) is 0.814. The predicted octanol–water partition coefficient (Wildman–Crippen LogP) is 1.89. The third-order valence-corrected chi connectivity index (χ3v) is 3.29. The molecule has 0 aliphatic carbocycles. The van der Waals surface area contributed by atoms with Gasteiger partial charge in [0, 0.05) is 43.7 Å². The molecule has 17 heavy (non-hydrogen) atoms. The van der Waals surface area contributed by atoms with Crippen LogP contribution >= 0.6 is 0 Å². The maximum Gasteiger partial charge on any atom is 0.122 e. The molecule has 1 aromatic carbocycles. The highest BCUT2D eigenvalue weighted by Crippen LogP contribution is 2.27. The van der Waals surface area contributed by atoms with Crippen molar-refractivity contribution in [3.63, 3.8) is 0 Å². The van der Waals surface area contributed by atoms with Gasteiger partial charge in [-0.3, -0.25) is 0 Å². The molecule has 1 aliphatic rings. The maximum absolute atomic E-state index is 5.86. The van der Waals surface area contributed by atoms with Crippen molar-refractivity contribution in [1.29, 1.82) is 0 Å². The third-order valence-electron chi connectivity index (χ3n) is 3.29. The van der Waals surface area contributed by atoms with Crippen molar-refractivity contribution in [2.45, 2.75) is 18.9 Å². The Bertz CT molecular complexity index is 374. The zero-order valence-electron chi connectivity index (χ0n) is 10.5. The molecule has 0 saturated carbocycles. The molecular formula is C13H20N2O2. The summed E-state index contributed by atoms with van der Waals surface area (Å²) in [6, 6.07) is 5.87. The van der Waals surface area contributed by atoms with Crippen LogP contribution in [-0.4, -0.2) is 33.4 Å². The summed E-state index contributed by atoms with van der Waals surface area (Å²) in [5.74, 6) is 0.814. The molecule has 1 fully saturated rings. The fourth-order valence-electron chi connectivity index (χ4n) is 2.26. The van der Waals surface area contributed by atoms with Crippen molar-refractivity contribution < 1.29 is 9.47 Å². The Hall–Kier alpha value is -1.42. The van der Waals surface area contributed by atoms with Gasteiger partial charge in [0.1, 0.15) is 5.75 Å². The Morgan fingerprint density at radius 3 is 2.47 bits per heavy atom. The lowest BCUT2D eigenvalue weighted by Crippen LogP contribution is -2.36. The van der Waals surface area contributed by atoms with E-state index in [-0.39, 0.29) is 0 Å². The summed E-state index contributed by atoms with van der Waals surface area (Å²) < 4.78 is 10.6. The average Bonchev–Trinajstić information content (AvgIpc) is 2.38. The topological polar surface area (TPSA) is 47.7 Å². The molecule has 0 spiro atoms. The molecule has 1 aromatic rings. The van der Waals surface area contributed by atoms with E-state index in [9.17, 15) is 0 Å². The van der Waals surface area contributed by atoms with Crippen LogP contribution in [0.15, 0.2) is 18.2 Å². The largest absolute Gasteiger partial charge is 0.497 e. The summed E-state index contributed by atoms with van der Waals surface area (Å²) in [7, 11) is 3.44. The van der Waals surface area contributed by atoms with Crippen LogP contribution in [0, 0.1) is 0 Å². The van der Waals surface area contributed by atoms with Crippen molar-refractivity contribution in [1.82, 2.24) is 0 Å². The second-order valence-corrected chi connectivity index (χ2v) is 4.39. The Balaban J connectivity index is 2.10. The lowest BCUT2D eigenvalue weighted by molar-refractivity contribution is 0.0819. The summed E-state index contributed by atoms with van der Waals surface area (Å²) in [5, 5.41) is 0. The predicted molar refractivity (Wildman–Crippen MR) is 69.7 cm³/mol. The van der Waals surface area contributed by atoms with Gasteiger partial charge in [-0.1, -0.05) is 0 Å². The van der Waals surface area contributed by atoms with Crippen LogP contribution in [-0.2, 0) is 4.74 Å². The molecule has 2 N–H and O–H groups in total. The van der Waals surface area contributed by atoms with Gasteiger partial charge < -0.3 is 20.1 Å². The van der Waals surface area contributed by atoms with Crippen molar-refractivity contribution in [3.05, 3.63) is 18.2 Å². The average molecular weight is 236 g/mol. The van der Waals surface area contributed by atoms with E-state index in [1.165, 1.54) is 0 Å². The Labute approximate surface area is 102 Å². The van der Waals surface area contributed by atoms with Crippen molar-refractivity contribution in [2.75, 3.05) is 37.9 Å². The highest BCUT2D eigenvalue weighted by Gasteiger charge is 2.19. The minimum atomic E-state index is 0.397. The number of nitrogens with two attached hydrogens (primary N) is 1. The molecule has 1 aliphatic heterocycles. The number of benzene rings is 1. The molecule has 0 atom stereocenters. The van der Waals surface area contributed by atoms with Gasteiger partial charge >= 0.3 is 0 Å². The van der Waals surface area contributed by atoms with E-state index in [0.717, 1.165) is 43.1 Å².